The highest BCUT2D eigenvalue weighted by Crippen LogP contribution is 2.29. The van der Waals surface area contributed by atoms with E-state index in [9.17, 15) is 14.7 Å². The number of carbonyl (C=O) groups is 2. The highest BCUT2D eigenvalue weighted by Gasteiger charge is 2.19. The molecule has 0 heterocycles. The summed E-state index contributed by atoms with van der Waals surface area (Å²) in [6.45, 7) is 2.77. The fourth-order valence-electron chi connectivity index (χ4n) is 3.19. The van der Waals surface area contributed by atoms with E-state index in [0.29, 0.717) is 24.7 Å². The van der Waals surface area contributed by atoms with Gasteiger partial charge in [0, 0.05) is 12.5 Å². The average molecular weight is 446 g/mol. The number of carboxylic acid groups (broad SMARTS) is 1. The van der Waals surface area contributed by atoms with Gasteiger partial charge in [-0.05, 0) is 41.8 Å². The summed E-state index contributed by atoms with van der Waals surface area (Å²) in [7, 11) is 0. The van der Waals surface area contributed by atoms with E-state index in [1.165, 1.54) is 6.08 Å². The highest BCUT2D eigenvalue weighted by atomic mass is 16.5. The van der Waals surface area contributed by atoms with Gasteiger partial charge in [0.2, 0.25) is 5.91 Å². The number of ether oxygens (including phenoxy) is 2. The Bertz CT molecular complexity index is 1080. The van der Waals surface area contributed by atoms with Crippen molar-refractivity contribution in [1.82, 2.24) is 5.32 Å². The Kier molecular flexibility index (Phi) is 8.65. The van der Waals surface area contributed by atoms with Crippen molar-refractivity contribution in [2.45, 2.75) is 26.0 Å². The zero-order valence-corrected chi connectivity index (χ0v) is 18.4. The molecule has 0 unspecified atom stereocenters. The van der Waals surface area contributed by atoms with E-state index in [0.717, 1.165) is 16.7 Å². The Morgan fingerprint density at radius 2 is 1.58 bits per heavy atom. The normalized spacial score (nSPS) is 11.7. The van der Waals surface area contributed by atoms with Crippen molar-refractivity contribution in [3.8, 4) is 11.5 Å². The van der Waals surface area contributed by atoms with Gasteiger partial charge in [-0.1, -0.05) is 66.7 Å². The van der Waals surface area contributed by atoms with Gasteiger partial charge in [-0.25, -0.2) is 4.79 Å². The van der Waals surface area contributed by atoms with E-state index in [4.69, 9.17) is 9.47 Å². The van der Waals surface area contributed by atoms with Crippen LogP contribution in [0.25, 0.3) is 6.08 Å². The Balaban J connectivity index is 1.64. The molecular weight excluding hydrogens is 418 g/mol. The molecule has 0 aromatic heterocycles. The van der Waals surface area contributed by atoms with Gasteiger partial charge in [-0.2, -0.15) is 0 Å². The van der Waals surface area contributed by atoms with Crippen LogP contribution in [0.3, 0.4) is 0 Å². The molecule has 6 heteroatoms. The predicted octanol–water partition coefficient (Wildman–Crippen LogP) is 4.49. The third-order valence-corrected chi connectivity index (χ3v) is 4.83. The molecule has 2 N–H and O–H groups in total. The maximum Gasteiger partial charge on any atom is 0.326 e. The Morgan fingerprint density at radius 1 is 0.909 bits per heavy atom. The number of carbonyl (C=O) groups excluding carboxylic acids is 1. The standard InChI is InChI=1S/C27H27NO5/c1-2-32-25-18-21(13-15-24(25)33-19-22-11-7-4-8-12-22)14-16-26(29)28-23(27(30)31)17-20-9-5-3-6-10-20/h3-16,18,23H,2,17,19H2,1H3,(H,28,29)(H,30,31)/b16-14+/t23-/m1/s1. The van der Waals surface area contributed by atoms with Gasteiger partial charge in [-0.3, -0.25) is 4.79 Å². The molecule has 6 nitrogen and oxygen atoms in total. The maximum absolute atomic E-state index is 12.3. The number of rotatable bonds is 11. The van der Waals surface area contributed by atoms with Crippen molar-refractivity contribution in [3.63, 3.8) is 0 Å². The maximum atomic E-state index is 12.3. The SMILES string of the molecule is CCOc1cc(/C=C/C(=O)N[C@H](Cc2ccccc2)C(=O)O)ccc1OCc1ccccc1. The van der Waals surface area contributed by atoms with Crippen LogP contribution in [-0.4, -0.2) is 29.6 Å². The Labute approximate surface area is 193 Å². The van der Waals surface area contributed by atoms with Crippen LogP contribution in [0.4, 0.5) is 0 Å². The van der Waals surface area contributed by atoms with Gasteiger partial charge in [-0.15, -0.1) is 0 Å². The molecule has 0 saturated heterocycles. The van der Waals surface area contributed by atoms with Crippen molar-refractivity contribution < 1.29 is 24.2 Å². The molecule has 3 aromatic carbocycles. The van der Waals surface area contributed by atoms with Crippen LogP contribution in [-0.2, 0) is 22.6 Å². The molecule has 0 fully saturated rings. The van der Waals surface area contributed by atoms with Gasteiger partial charge >= 0.3 is 5.97 Å². The van der Waals surface area contributed by atoms with E-state index in [2.05, 4.69) is 5.32 Å². The number of hydrogen-bond donors (Lipinski definition) is 2. The molecule has 3 aromatic rings. The topological polar surface area (TPSA) is 84.9 Å². The minimum atomic E-state index is -1.08. The molecule has 0 aliphatic rings. The summed E-state index contributed by atoms with van der Waals surface area (Å²) in [5.74, 6) is -0.389. The third-order valence-electron chi connectivity index (χ3n) is 4.83. The molecular formula is C27H27NO5. The lowest BCUT2D eigenvalue weighted by molar-refractivity contribution is -0.141. The second-order valence-corrected chi connectivity index (χ2v) is 7.34. The summed E-state index contributed by atoms with van der Waals surface area (Å²) in [5, 5.41) is 12.0. The van der Waals surface area contributed by atoms with Crippen molar-refractivity contribution in [2.75, 3.05) is 6.61 Å². The first kappa shape index (κ1) is 23.6. The van der Waals surface area contributed by atoms with Gasteiger partial charge in [0.15, 0.2) is 11.5 Å². The molecule has 0 saturated carbocycles. The van der Waals surface area contributed by atoms with Gasteiger partial charge < -0.3 is 19.9 Å². The van der Waals surface area contributed by atoms with Crippen molar-refractivity contribution in [1.29, 1.82) is 0 Å². The monoisotopic (exact) mass is 445 g/mol. The molecule has 0 aliphatic heterocycles. The fourth-order valence-corrected chi connectivity index (χ4v) is 3.19. The minimum Gasteiger partial charge on any atom is -0.490 e. The zero-order valence-electron chi connectivity index (χ0n) is 18.4. The zero-order chi connectivity index (χ0) is 23.5. The van der Waals surface area contributed by atoms with Gasteiger partial charge in [0.05, 0.1) is 6.61 Å². The summed E-state index contributed by atoms with van der Waals surface area (Å²) in [5.41, 5.74) is 2.61. The average Bonchev–Trinajstić information content (AvgIpc) is 2.83. The largest absolute Gasteiger partial charge is 0.490 e. The molecule has 170 valence electrons. The molecule has 0 radical (unpaired) electrons. The fraction of sp³-hybridized carbons (Fsp3) is 0.185. The predicted molar refractivity (Wildman–Crippen MR) is 127 cm³/mol. The lowest BCUT2D eigenvalue weighted by Gasteiger charge is -2.14. The minimum absolute atomic E-state index is 0.206. The van der Waals surface area contributed by atoms with Crippen LogP contribution in [0.15, 0.2) is 84.9 Å². The first-order valence-corrected chi connectivity index (χ1v) is 10.7. The van der Waals surface area contributed by atoms with Crippen molar-refractivity contribution >= 4 is 18.0 Å². The molecule has 1 amide bonds. The van der Waals surface area contributed by atoms with E-state index < -0.39 is 17.9 Å². The van der Waals surface area contributed by atoms with Crippen LogP contribution in [0.1, 0.15) is 23.6 Å². The smallest absolute Gasteiger partial charge is 0.326 e. The van der Waals surface area contributed by atoms with Gasteiger partial charge in [0.1, 0.15) is 12.6 Å². The highest BCUT2D eigenvalue weighted by molar-refractivity contribution is 5.94. The lowest BCUT2D eigenvalue weighted by atomic mass is 10.1. The lowest BCUT2D eigenvalue weighted by Crippen LogP contribution is -2.41. The number of nitrogens with one attached hydrogen (secondary N) is 1. The number of carboxylic acids is 1. The number of aliphatic carboxylic acids is 1. The second kappa shape index (κ2) is 12.1. The summed E-state index contributed by atoms with van der Waals surface area (Å²) < 4.78 is 11.6. The number of amides is 1. The van der Waals surface area contributed by atoms with E-state index >= 15 is 0 Å². The molecule has 0 aliphatic carbocycles. The number of hydrogen-bond acceptors (Lipinski definition) is 4. The van der Waals surface area contributed by atoms with E-state index in [1.807, 2.05) is 73.7 Å². The van der Waals surface area contributed by atoms with Crippen LogP contribution in [0.2, 0.25) is 0 Å². The molecule has 33 heavy (non-hydrogen) atoms. The first-order valence-electron chi connectivity index (χ1n) is 10.7. The number of benzene rings is 3. The Morgan fingerprint density at radius 3 is 2.21 bits per heavy atom. The van der Waals surface area contributed by atoms with Crippen molar-refractivity contribution in [3.05, 3.63) is 102 Å². The van der Waals surface area contributed by atoms with Crippen LogP contribution in [0, 0.1) is 0 Å². The summed E-state index contributed by atoms with van der Waals surface area (Å²) >= 11 is 0. The van der Waals surface area contributed by atoms with Crippen LogP contribution >= 0.6 is 0 Å². The summed E-state index contributed by atoms with van der Waals surface area (Å²) in [4.78, 5) is 23.9. The third kappa shape index (κ3) is 7.54. The molecule has 0 bridgehead atoms. The van der Waals surface area contributed by atoms with Crippen LogP contribution < -0.4 is 14.8 Å². The summed E-state index contributed by atoms with van der Waals surface area (Å²) in [6, 6.07) is 23.4. The Hall–Kier alpha value is -4.06. The quantitative estimate of drug-likeness (QED) is 0.425. The molecule has 1 atom stereocenters. The molecule has 0 spiro atoms. The second-order valence-electron chi connectivity index (χ2n) is 7.34. The summed E-state index contributed by atoms with van der Waals surface area (Å²) in [6.07, 6.45) is 3.13. The van der Waals surface area contributed by atoms with Crippen molar-refractivity contribution in [2.24, 2.45) is 0 Å². The van der Waals surface area contributed by atoms with E-state index in [-0.39, 0.29) is 6.42 Å². The van der Waals surface area contributed by atoms with Gasteiger partial charge in [0.25, 0.3) is 0 Å². The first-order chi connectivity index (χ1) is 16.0. The van der Waals surface area contributed by atoms with Crippen LogP contribution in [0.5, 0.6) is 11.5 Å². The molecule has 3 rings (SSSR count). The van der Waals surface area contributed by atoms with E-state index in [1.54, 1.807) is 18.2 Å².